The number of phosphoric acid groups is 1. The van der Waals surface area contributed by atoms with E-state index in [0.717, 1.165) is 64.2 Å². The van der Waals surface area contributed by atoms with Gasteiger partial charge in [-0.25, -0.2) is 4.57 Å². The molecule has 1 unspecified atom stereocenters. The van der Waals surface area contributed by atoms with Crippen LogP contribution in [0.25, 0.3) is 0 Å². The van der Waals surface area contributed by atoms with Gasteiger partial charge in [-0.2, -0.15) is 0 Å². The molecule has 0 saturated carbocycles. The van der Waals surface area contributed by atoms with Gasteiger partial charge < -0.3 is 25.2 Å². The first-order valence-corrected chi connectivity index (χ1v) is 22.4. The quantitative estimate of drug-likeness (QED) is 0.0235. The van der Waals surface area contributed by atoms with Crippen LogP contribution >= 0.6 is 7.82 Å². The third-order valence-corrected chi connectivity index (χ3v) is 9.87. The first-order valence-electron chi connectivity index (χ1n) is 20.9. The van der Waals surface area contributed by atoms with Gasteiger partial charge in [0.1, 0.15) is 12.6 Å². The van der Waals surface area contributed by atoms with Gasteiger partial charge in [0.15, 0.2) is 6.10 Å². The Balaban J connectivity index is 4.42. The SMILES string of the molecule is CCCCCCC/C=C/CCCCCCCC(=O)OC[C@H](COP(=O)(O)OC[C@H](N)C(=O)O)OC(=O)CCCCC/C=C/CCCCCCCCCC. The van der Waals surface area contributed by atoms with E-state index in [1.807, 2.05) is 0 Å². The molecule has 0 aromatic carbocycles. The van der Waals surface area contributed by atoms with Crippen molar-refractivity contribution < 1.29 is 47.5 Å². The number of carboxylic acid groups (broad SMARTS) is 1. The Bertz CT molecular complexity index is 1010. The summed E-state index contributed by atoms with van der Waals surface area (Å²) in [7, 11) is -4.72. The Morgan fingerprint density at radius 1 is 0.566 bits per heavy atom. The molecule has 0 fully saturated rings. The van der Waals surface area contributed by atoms with Crippen LogP contribution < -0.4 is 5.73 Å². The molecule has 12 heteroatoms. The lowest BCUT2D eigenvalue weighted by atomic mass is 10.1. The molecule has 11 nitrogen and oxygen atoms in total. The molecule has 0 amide bonds. The van der Waals surface area contributed by atoms with E-state index in [2.05, 4.69) is 42.7 Å². The van der Waals surface area contributed by atoms with Crippen molar-refractivity contribution in [2.24, 2.45) is 5.73 Å². The number of nitrogens with two attached hydrogens (primary N) is 1. The number of allylic oxidation sites excluding steroid dienone is 4. The second-order valence-electron chi connectivity index (χ2n) is 14.1. The Hall–Kier alpha value is -2.04. The second-order valence-corrected chi connectivity index (χ2v) is 15.6. The summed E-state index contributed by atoms with van der Waals surface area (Å²) in [6.07, 6.45) is 36.7. The Kier molecular flexibility index (Phi) is 35.5. The van der Waals surface area contributed by atoms with E-state index in [0.29, 0.717) is 12.8 Å². The summed E-state index contributed by atoms with van der Waals surface area (Å²) in [6, 6.07) is -1.52. The summed E-state index contributed by atoms with van der Waals surface area (Å²) < 4.78 is 32.6. The van der Waals surface area contributed by atoms with E-state index in [1.165, 1.54) is 83.5 Å². The van der Waals surface area contributed by atoms with Crippen LogP contribution in [0.2, 0.25) is 0 Å². The normalized spacial score (nSPS) is 14.0. The smallest absolute Gasteiger partial charge is 0.472 e. The predicted molar refractivity (Wildman–Crippen MR) is 212 cm³/mol. The second kappa shape index (κ2) is 36.9. The summed E-state index contributed by atoms with van der Waals surface area (Å²) >= 11 is 0. The van der Waals surface area contributed by atoms with Gasteiger partial charge >= 0.3 is 25.7 Å². The van der Waals surface area contributed by atoms with E-state index in [1.54, 1.807) is 0 Å². The van der Waals surface area contributed by atoms with Gasteiger partial charge in [-0.15, -0.1) is 0 Å². The molecule has 0 rings (SSSR count). The number of aliphatic carboxylic acids is 1. The zero-order valence-corrected chi connectivity index (χ0v) is 34.3. The van der Waals surface area contributed by atoms with Crippen molar-refractivity contribution in [2.45, 2.75) is 199 Å². The maximum absolute atomic E-state index is 12.6. The molecule has 0 spiro atoms. The van der Waals surface area contributed by atoms with Gasteiger partial charge in [-0.05, 0) is 64.2 Å². The van der Waals surface area contributed by atoms with Crippen molar-refractivity contribution in [3.8, 4) is 0 Å². The average molecular weight is 774 g/mol. The van der Waals surface area contributed by atoms with Gasteiger partial charge in [0, 0.05) is 12.8 Å². The maximum Gasteiger partial charge on any atom is 0.472 e. The molecule has 310 valence electrons. The first kappa shape index (κ1) is 51.0. The topological polar surface area (TPSA) is 172 Å². The zero-order valence-electron chi connectivity index (χ0n) is 33.4. The summed E-state index contributed by atoms with van der Waals surface area (Å²) in [5.74, 6) is -2.41. The molecule has 0 bridgehead atoms. The molecular weight excluding hydrogens is 697 g/mol. The van der Waals surface area contributed by atoms with Crippen LogP contribution in [0, 0.1) is 0 Å². The minimum absolute atomic E-state index is 0.141. The number of ether oxygens (including phenoxy) is 2. The summed E-state index contributed by atoms with van der Waals surface area (Å²) in [4.78, 5) is 45.8. The fourth-order valence-corrected chi connectivity index (χ4v) is 6.36. The lowest BCUT2D eigenvalue weighted by Gasteiger charge is -2.20. The van der Waals surface area contributed by atoms with E-state index in [4.69, 9.17) is 24.8 Å². The van der Waals surface area contributed by atoms with Gasteiger partial charge in [0.05, 0.1) is 13.2 Å². The molecule has 0 saturated heterocycles. The lowest BCUT2D eigenvalue weighted by Crippen LogP contribution is -2.34. The van der Waals surface area contributed by atoms with Crippen LogP contribution in [0.15, 0.2) is 24.3 Å². The van der Waals surface area contributed by atoms with Crippen molar-refractivity contribution >= 4 is 25.7 Å². The molecule has 0 radical (unpaired) electrons. The fourth-order valence-electron chi connectivity index (χ4n) is 5.58. The van der Waals surface area contributed by atoms with Crippen molar-refractivity contribution in [1.29, 1.82) is 0 Å². The van der Waals surface area contributed by atoms with Crippen LogP contribution in [0.5, 0.6) is 0 Å². The standard InChI is InChI=1S/C41H76NO10P/c1-3-5-7-9-11-13-15-17-19-21-23-25-27-29-31-33-40(44)52-37(35-50-53(47,48)51-36-38(42)41(45)46)34-49-39(43)32-30-28-26-24-22-20-18-16-14-12-10-8-6-4-2/h16,18,21,23,37-38H,3-15,17,19-20,22,24-36,42H2,1-2H3,(H,45,46)(H,47,48)/b18-16+,23-21+/t37-,38+/m1/s1. The summed E-state index contributed by atoms with van der Waals surface area (Å²) in [5.41, 5.74) is 5.32. The number of hydrogen-bond donors (Lipinski definition) is 3. The summed E-state index contributed by atoms with van der Waals surface area (Å²) in [5, 5.41) is 8.87. The molecular formula is C41H76NO10P. The number of hydrogen-bond acceptors (Lipinski definition) is 9. The van der Waals surface area contributed by atoms with Crippen LogP contribution in [0.1, 0.15) is 187 Å². The highest BCUT2D eigenvalue weighted by Gasteiger charge is 2.28. The van der Waals surface area contributed by atoms with Crippen molar-refractivity contribution in [3.63, 3.8) is 0 Å². The largest absolute Gasteiger partial charge is 0.480 e. The number of carbonyl (C=O) groups excluding carboxylic acids is 2. The highest BCUT2D eigenvalue weighted by molar-refractivity contribution is 7.47. The van der Waals surface area contributed by atoms with Crippen molar-refractivity contribution in [1.82, 2.24) is 0 Å². The van der Waals surface area contributed by atoms with Gasteiger partial charge in [0.25, 0.3) is 0 Å². The predicted octanol–water partition coefficient (Wildman–Crippen LogP) is 10.7. The van der Waals surface area contributed by atoms with Crippen LogP contribution in [-0.2, 0) is 37.5 Å². The number of rotatable bonds is 39. The van der Waals surface area contributed by atoms with E-state index in [-0.39, 0.29) is 19.4 Å². The Morgan fingerprint density at radius 2 is 0.943 bits per heavy atom. The molecule has 4 N–H and O–H groups in total. The third kappa shape index (κ3) is 36.7. The number of unbranched alkanes of at least 4 members (excludes halogenated alkanes) is 21. The van der Waals surface area contributed by atoms with Crippen molar-refractivity contribution in [2.75, 3.05) is 19.8 Å². The molecule has 0 aliphatic carbocycles. The fraction of sp³-hybridized carbons (Fsp3) is 0.829. The molecule has 0 aliphatic heterocycles. The Morgan fingerprint density at radius 3 is 1.40 bits per heavy atom. The maximum atomic E-state index is 12.6. The van der Waals surface area contributed by atoms with Crippen LogP contribution in [-0.4, -0.2) is 59.9 Å². The highest BCUT2D eigenvalue weighted by Crippen LogP contribution is 2.43. The molecule has 0 aliphatic rings. The monoisotopic (exact) mass is 774 g/mol. The number of phosphoric ester groups is 1. The van der Waals surface area contributed by atoms with Crippen molar-refractivity contribution in [3.05, 3.63) is 24.3 Å². The van der Waals surface area contributed by atoms with E-state index in [9.17, 15) is 23.8 Å². The van der Waals surface area contributed by atoms with Gasteiger partial charge in [0.2, 0.25) is 0 Å². The van der Waals surface area contributed by atoms with E-state index < -0.39 is 51.1 Å². The lowest BCUT2D eigenvalue weighted by molar-refractivity contribution is -0.161. The number of carboxylic acids is 1. The molecule has 53 heavy (non-hydrogen) atoms. The minimum atomic E-state index is -4.72. The molecule has 0 aromatic rings. The van der Waals surface area contributed by atoms with Crippen LogP contribution in [0.3, 0.4) is 0 Å². The van der Waals surface area contributed by atoms with Gasteiger partial charge in [-0.3, -0.25) is 23.4 Å². The minimum Gasteiger partial charge on any atom is -0.480 e. The van der Waals surface area contributed by atoms with Crippen LogP contribution in [0.4, 0.5) is 0 Å². The summed E-state index contributed by atoms with van der Waals surface area (Å²) in [6.45, 7) is 2.76. The first-order chi connectivity index (χ1) is 25.6. The van der Waals surface area contributed by atoms with E-state index >= 15 is 0 Å². The zero-order chi connectivity index (χ0) is 39.3. The molecule has 0 aromatic heterocycles. The number of carbonyl (C=O) groups is 3. The number of esters is 2. The van der Waals surface area contributed by atoms with Gasteiger partial charge in [-0.1, -0.05) is 134 Å². The Labute approximate surface area is 321 Å². The third-order valence-electron chi connectivity index (χ3n) is 8.92. The molecule has 0 heterocycles. The average Bonchev–Trinajstić information content (AvgIpc) is 3.13. The molecule has 3 atom stereocenters. The highest BCUT2D eigenvalue weighted by atomic mass is 31.2.